The maximum atomic E-state index is 13.4. The number of ketones is 1. The second kappa shape index (κ2) is 4.96. The van der Waals surface area contributed by atoms with E-state index in [1.807, 2.05) is 0 Å². The Balaban J connectivity index is 2.31. The number of carbonyl (C=O) groups excluding carboxylic acids is 1. The second-order valence-corrected chi connectivity index (χ2v) is 3.76. The lowest BCUT2D eigenvalue weighted by Crippen LogP contribution is -1.94. The van der Waals surface area contributed by atoms with Crippen molar-refractivity contribution in [2.24, 2.45) is 0 Å². The minimum absolute atomic E-state index is 0.125. The summed E-state index contributed by atoms with van der Waals surface area (Å²) in [6.45, 7) is 1.42. The van der Waals surface area contributed by atoms with E-state index in [0.29, 0.717) is 5.56 Å². The number of halogens is 2. The summed E-state index contributed by atoms with van der Waals surface area (Å²) < 4.78 is 31.5. The van der Waals surface area contributed by atoms with Crippen molar-refractivity contribution in [1.82, 2.24) is 0 Å². The SMILES string of the molecule is CC(=O)c1cccc(Oc2cc(F)ccc2F)c1. The maximum absolute atomic E-state index is 13.4. The van der Waals surface area contributed by atoms with Gasteiger partial charge in [-0.3, -0.25) is 4.79 Å². The quantitative estimate of drug-likeness (QED) is 0.768. The molecule has 0 N–H and O–H groups in total. The molecule has 2 rings (SSSR count). The van der Waals surface area contributed by atoms with Crippen LogP contribution in [0.4, 0.5) is 8.78 Å². The normalized spacial score (nSPS) is 10.2. The van der Waals surface area contributed by atoms with Crippen molar-refractivity contribution >= 4 is 5.78 Å². The van der Waals surface area contributed by atoms with Crippen molar-refractivity contribution in [3.05, 3.63) is 59.7 Å². The predicted octanol–water partition coefficient (Wildman–Crippen LogP) is 3.96. The zero-order chi connectivity index (χ0) is 13.1. The zero-order valence-electron chi connectivity index (χ0n) is 9.61. The van der Waals surface area contributed by atoms with Crippen LogP contribution in [0.1, 0.15) is 17.3 Å². The number of hydrogen-bond donors (Lipinski definition) is 0. The monoisotopic (exact) mass is 248 g/mol. The molecule has 18 heavy (non-hydrogen) atoms. The summed E-state index contributed by atoms with van der Waals surface area (Å²) in [5.74, 6) is -1.30. The Kier molecular flexibility index (Phi) is 3.37. The fourth-order valence-corrected chi connectivity index (χ4v) is 1.46. The van der Waals surface area contributed by atoms with E-state index in [1.165, 1.54) is 13.0 Å². The van der Waals surface area contributed by atoms with Crippen LogP contribution in [-0.4, -0.2) is 5.78 Å². The average Bonchev–Trinajstić information content (AvgIpc) is 2.34. The molecule has 2 aromatic carbocycles. The van der Waals surface area contributed by atoms with Crippen LogP contribution < -0.4 is 4.74 Å². The van der Waals surface area contributed by atoms with Crippen LogP contribution in [0.25, 0.3) is 0 Å². The molecule has 92 valence electrons. The minimum atomic E-state index is -0.662. The molecule has 0 aliphatic carbocycles. The highest BCUT2D eigenvalue weighted by molar-refractivity contribution is 5.94. The largest absolute Gasteiger partial charge is 0.454 e. The van der Waals surface area contributed by atoms with Crippen LogP contribution in [0.15, 0.2) is 42.5 Å². The number of benzene rings is 2. The van der Waals surface area contributed by atoms with Crippen molar-refractivity contribution < 1.29 is 18.3 Å². The van der Waals surface area contributed by atoms with Gasteiger partial charge in [-0.05, 0) is 31.2 Å². The van der Waals surface area contributed by atoms with E-state index >= 15 is 0 Å². The van der Waals surface area contributed by atoms with Gasteiger partial charge in [-0.2, -0.15) is 0 Å². The third kappa shape index (κ3) is 2.71. The average molecular weight is 248 g/mol. The van der Waals surface area contributed by atoms with Crippen LogP contribution in [0.3, 0.4) is 0 Å². The van der Waals surface area contributed by atoms with Gasteiger partial charge in [0, 0.05) is 11.6 Å². The van der Waals surface area contributed by atoms with Gasteiger partial charge in [0.25, 0.3) is 0 Å². The first-order valence-electron chi connectivity index (χ1n) is 5.30. The minimum Gasteiger partial charge on any atom is -0.454 e. The molecule has 0 unspecified atom stereocenters. The summed E-state index contributed by atoms with van der Waals surface area (Å²) in [4.78, 5) is 11.2. The number of rotatable bonds is 3. The molecule has 2 nitrogen and oxygen atoms in total. The number of Topliss-reactive ketones (excluding diaryl/α,β-unsaturated/α-hetero) is 1. The topological polar surface area (TPSA) is 26.3 Å². The zero-order valence-corrected chi connectivity index (χ0v) is 9.61. The molecular weight excluding hydrogens is 238 g/mol. The summed E-state index contributed by atoms with van der Waals surface area (Å²) in [6.07, 6.45) is 0. The van der Waals surface area contributed by atoms with Crippen LogP contribution in [-0.2, 0) is 0 Å². The van der Waals surface area contributed by atoms with E-state index in [0.717, 1.165) is 18.2 Å². The van der Waals surface area contributed by atoms with Crippen molar-refractivity contribution in [1.29, 1.82) is 0 Å². The van der Waals surface area contributed by atoms with E-state index in [-0.39, 0.29) is 17.3 Å². The van der Waals surface area contributed by atoms with Gasteiger partial charge >= 0.3 is 0 Å². The van der Waals surface area contributed by atoms with E-state index in [1.54, 1.807) is 18.2 Å². The van der Waals surface area contributed by atoms with E-state index < -0.39 is 11.6 Å². The molecule has 0 amide bonds. The van der Waals surface area contributed by atoms with Gasteiger partial charge < -0.3 is 4.74 Å². The molecule has 0 bridgehead atoms. The molecule has 2 aromatic rings. The van der Waals surface area contributed by atoms with Crippen molar-refractivity contribution in [3.63, 3.8) is 0 Å². The summed E-state index contributed by atoms with van der Waals surface area (Å²) >= 11 is 0. The van der Waals surface area contributed by atoms with Crippen molar-refractivity contribution in [2.75, 3.05) is 0 Å². The lowest BCUT2D eigenvalue weighted by atomic mass is 10.1. The van der Waals surface area contributed by atoms with E-state index in [2.05, 4.69) is 0 Å². The molecule has 0 aliphatic rings. The molecule has 0 atom stereocenters. The Bertz CT molecular complexity index is 594. The predicted molar refractivity (Wildman–Crippen MR) is 62.9 cm³/mol. The Morgan fingerprint density at radius 1 is 1.11 bits per heavy atom. The molecular formula is C14H10F2O2. The molecule has 0 radical (unpaired) electrons. The van der Waals surface area contributed by atoms with E-state index in [4.69, 9.17) is 4.74 Å². The van der Waals surface area contributed by atoms with E-state index in [9.17, 15) is 13.6 Å². The Morgan fingerprint density at radius 3 is 2.61 bits per heavy atom. The third-order valence-corrected chi connectivity index (χ3v) is 2.36. The van der Waals surface area contributed by atoms with Gasteiger partial charge in [-0.1, -0.05) is 12.1 Å². The van der Waals surface area contributed by atoms with Crippen LogP contribution in [0.5, 0.6) is 11.5 Å². The fraction of sp³-hybridized carbons (Fsp3) is 0.0714. The van der Waals surface area contributed by atoms with Gasteiger partial charge in [0.05, 0.1) is 0 Å². The van der Waals surface area contributed by atoms with Crippen LogP contribution in [0.2, 0.25) is 0 Å². The van der Waals surface area contributed by atoms with Gasteiger partial charge in [0.2, 0.25) is 0 Å². The Labute approximate surface area is 103 Å². The summed E-state index contributed by atoms with van der Waals surface area (Å²) in [6, 6.07) is 9.23. The van der Waals surface area contributed by atoms with Crippen LogP contribution >= 0.6 is 0 Å². The summed E-state index contributed by atoms with van der Waals surface area (Å²) in [7, 11) is 0. The lowest BCUT2D eigenvalue weighted by molar-refractivity contribution is 0.101. The lowest BCUT2D eigenvalue weighted by Gasteiger charge is -2.07. The highest BCUT2D eigenvalue weighted by Gasteiger charge is 2.07. The number of ether oxygens (including phenoxy) is 1. The summed E-state index contributed by atoms with van der Waals surface area (Å²) in [5.41, 5.74) is 0.448. The Hall–Kier alpha value is -2.23. The second-order valence-electron chi connectivity index (χ2n) is 3.76. The first-order chi connectivity index (χ1) is 8.56. The smallest absolute Gasteiger partial charge is 0.165 e. The molecule has 0 spiro atoms. The first-order valence-corrected chi connectivity index (χ1v) is 5.30. The molecule has 0 saturated heterocycles. The summed E-state index contributed by atoms with van der Waals surface area (Å²) in [5, 5.41) is 0. The molecule has 0 aliphatic heterocycles. The van der Waals surface area contributed by atoms with Gasteiger partial charge in [0.1, 0.15) is 11.6 Å². The Morgan fingerprint density at radius 2 is 1.89 bits per heavy atom. The highest BCUT2D eigenvalue weighted by atomic mass is 19.1. The number of carbonyl (C=O) groups is 1. The van der Waals surface area contributed by atoms with Gasteiger partial charge in [-0.15, -0.1) is 0 Å². The van der Waals surface area contributed by atoms with Crippen molar-refractivity contribution in [2.45, 2.75) is 6.92 Å². The van der Waals surface area contributed by atoms with Crippen molar-refractivity contribution in [3.8, 4) is 11.5 Å². The molecule has 0 fully saturated rings. The molecule has 0 saturated carbocycles. The maximum Gasteiger partial charge on any atom is 0.165 e. The van der Waals surface area contributed by atoms with Gasteiger partial charge in [-0.25, -0.2) is 8.78 Å². The first kappa shape index (κ1) is 12.2. The standard InChI is InChI=1S/C14H10F2O2/c1-9(17)10-3-2-4-12(7-10)18-14-8-11(15)5-6-13(14)16/h2-8H,1H3. The molecule has 4 heteroatoms. The highest BCUT2D eigenvalue weighted by Crippen LogP contribution is 2.25. The fourth-order valence-electron chi connectivity index (χ4n) is 1.46. The third-order valence-electron chi connectivity index (χ3n) is 2.36. The number of hydrogen-bond acceptors (Lipinski definition) is 2. The molecule has 0 heterocycles. The molecule has 0 aromatic heterocycles. The van der Waals surface area contributed by atoms with Gasteiger partial charge in [0.15, 0.2) is 17.3 Å². The van der Waals surface area contributed by atoms with Crippen LogP contribution in [0, 0.1) is 11.6 Å².